The van der Waals surface area contributed by atoms with Gasteiger partial charge in [0.25, 0.3) is 0 Å². The summed E-state index contributed by atoms with van der Waals surface area (Å²) in [7, 11) is 0. The second-order valence-corrected chi connectivity index (χ2v) is 5.08. The molecule has 3 heteroatoms. The molecule has 2 rings (SSSR count). The second-order valence-electron chi connectivity index (χ2n) is 5.08. The average molecular weight is 257 g/mol. The lowest BCUT2D eigenvalue weighted by atomic mass is 9.99. The zero-order valence-corrected chi connectivity index (χ0v) is 11.7. The van der Waals surface area contributed by atoms with Crippen LogP contribution in [-0.2, 0) is 0 Å². The molecule has 2 N–H and O–H groups in total. The SMILES string of the molecule is CCCCCCCC(N)c1cccc2nccnc12. The molecule has 19 heavy (non-hydrogen) atoms. The van der Waals surface area contributed by atoms with Gasteiger partial charge in [0, 0.05) is 18.4 Å². The number of para-hydroxylation sites is 1. The van der Waals surface area contributed by atoms with Crippen molar-refractivity contribution in [2.24, 2.45) is 5.73 Å². The van der Waals surface area contributed by atoms with Crippen molar-refractivity contribution in [2.45, 2.75) is 51.5 Å². The van der Waals surface area contributed by atoms with Crippen molar-refractivity contribution in [2.75, 3.05) is 0 Å². The highest BCUT2D eigenvalue weighted by atomic mass is 14.8. The molecule has 1 atom stereocenters. The molecule has 1 unspecified atom stereocenters. The highest BCUT2D eigenvalue weighted by Crippen LogP contribution is 2.23. The number of nitrogens with zero attached hydrogens (tertiary/aromatic N) is 2. The standard InChI is InChI=1S/C16H23N3/c1-2-3-4-5-6-9-14(17)13-8-7-10-15-16(13)19-12-11-18-15/h7-8,10-12,14H,2-6,9,17H2,1H3. The first-order valence-corrected chi connectivity index (χ1v) is 7.28. The van der Waals surface area contributed by atoms with Gasteiger partial charge in [0.05, 0.1) is 11.0 Å². The van der Waals surface area contributed by atoms with E-state index < -0.39 is 0 Å². The van der Waals surface area contributed by atoms with E-state index in [1.165, 1.54) is 32.1 Å². The number of hydrogen-bond acceptors (Lipinski definition) is 3. The van der Waals surface area contributed by atoms with Crippen LogP contribution in [0.15, 0.2) is 30.6 Å². The Labute approximate surface area is 115 Å². The van der Waals surface area contributed by atoms with E-state index in [0.717, 1.165) is 23.0 Å². The summed E-state index contributed by atoms with van der Waals surface area (Å²) in [6.45, 7) is 2.24. The molecule has 0 fully saturated rings. The quantitative estimate of drug-likeness (QED) is 0.763. The van der Waals surface area contributed by atoms with Crippen LogP contribution in [0.3, 0.4) is 0 Å². The lowest BCUT2D eigenvalue weighted by Crippen LogP contribution is -2.11. The van der Waals surface area contributed by atoms with Gasteiger partial charge in [-0.3, -0.25) is 9.97 Å². The van der Waals surface area contributed by atoms with Crippen LogP contribution in [0.1, 0.15) is 57.1 Å². The van der Waals surface area contributed by atoms with Crippen LogP contribution >= 0.6 is 0 Å². The molecule has 0 radical (unpaired) electrons. The molecule has 0 aliphatic heterocycles. The number of benzene rings is 1. The Hall–Kier alpha value is -1.48. The summed E-state index contributed by atoms with van der Waals surface area (Å²) < 4.78 is 0. The summed E-state index contributed by atoms with van der Waals surface area (Å²) in [6, 6.07) is 6.15. The Kier molecular flexibility index (Phi) is 5.28. The van der Waals surface area contributed by atoms with Gasteiger partial charge in [0.15, 0.2) is 0 Å². The monoisotopic (exact) mass is 257 g/mol. The molecule has 0 spiro atoms. The highest BCUT2D eigenvalue weighted by molar-refractivity contribution is 5.77. The molecule has 0 amide bonds. The number of rotatable bonds is 7. The van der Waals surface area contributed by atoms with Gasteiger partial charge < -0.3 is 5.73 Å². The van der Waals surface area contributed by atoms with E-state index in [0.29, 0.717) is 0 Å². The van der Waals surface area contributed by atoms with Crippen molar-refractivity contribution < 1.29 is 0 Å². The Balaban J connectivity index is 1.99. The first-order valence-electron chi connectivity index (χ1n) is 7.28. The highest BCUT2D eigenvalue weighted by Gasteiger charge is 2.10. The van der Waals surface area contributed by atoms with E-state index >= 15 is 0 Å². The van der Waals surface area contributed by atoms with E-state index in [4.69, 9.17) is 5.73 Å². The third-order valence-corrected chi connectivity index (χ3v) is 3.55. The molecule has 0 bridgehead atoms. The van der Waals surface area contributed by atoms with Crippen LogP contribution in [-0.4, -0.2) is 9.97 Å². The third-order valence-electron chi connectivity index (χ3n) is 3.55. The first-order chi connectivity index (χ1) is 9.33. The minimum Gasteiger partial charge on any atom is -0.324 e. The fourth-order valence-corrected chi connectivity index (χ4v) is 2.44. The lowest BCUT2D eigenvalue weighted by Gasteiger charge is -2.13. The smallest absolute Gasteiger partial charge is 0.0934 e. The number of nitrogens with two attached hydrogens (primary N) is 1. The van der Waals surface area contributed by atoms with E-state index in [1.54, 1.807) is 12.4 Å². The van der Waals surface area contributed by atoms with Crippen molar-refractivity contribution in [1.82, 2.24) is 9.97 Å². The predicted octanol–water partition coefficient (Wildman–Crippen LogP) is 3.99. The van der Waals surface area contributed by atoms with E-state index in [9.17, 15) is 0 Å². The molecule has 3 nitrogen and oxygen atoms in total. The molecule has 102 valence electrons. The van der Waals surface area contributed by atoms with Gasteiger partial charge in [-0.05, 0) is 18.1 Å². The van der Waals surface area contributed by atoms with Crippen molar-refractivity contribution >= 4 is 11.0 Å². The molecule has 0 saturated heterocycles. The number of fused-ring (bicyclic) bond motifs is 1. The summed E-state index contributed by atoms with van der Waals surface area (Å²) in [5, 5.41) is 0. The molecule has 2 aromatic rings. The predicted molar refractivity (Wildman–Crippen MR) is 79.8 cm³/mol. The summed E-state index contributed by atoms with van der Waals surface area (Å²) >= 11 is 0. The molecular weight excluding hydrogens is 234 g/mol. The van der Waals surface area contributed by atoms with Crippen LogP contribution in [0.4, 0.5) is 0 Å². The zero-order chi connectivity index (χ0) is 13.5. The molecule has 0 aliphatic rings. The fourth-order valence-electron chi connectivity index (χ4n) is 2.44. The van der Waals surface area contributed by atoms with E-state index in [-0.39, 0.29) is 6.04 Å². The lowest BCUT2D eigenvalue weighted by molar-refractivity contribution is 0.556. The van der Waals surface area contributed by atoms with Crippen LogP contribution < -0.4 is 5.73 Å². The summed E-state index contributed by atoms with van der Waals surface area (Å²) in [6.07, 6.45) is 10.9. The number of hydrogen-bond donors (Lipinski definition) is 1. The summed E-state index contributed by atoms with van der Waals surface area (Å²) in [5.41, 5.74) is 9.32. The molecule has 1 heterocycles. The average Bonchev–Trinajstić information content (AvgIpc) is 2.46. The molecule has 0 saturated carbocycles. The van der Waals surface area contributed by atoms with Gasteiger partial charge in [0.2, 0.25) is 0 Å². The zero-order valence-electron chi connectivity index (χ0n) is 11.7. The van der Waals surface area contributed by atoms with E-state index in [2.05, 4.69) is 23.0 Å². The largest absolute Gasteiger partial charge is 0.324 e. The van der Waals surface area contributed by atoms with Crippen LogP contribution in [0, 0.1) is 0 Å². The van der Waals surface area contributed by atoms with Crippen molar-refractivity contribution in [1.29, 1.82) is 0 Å². The van der Waals surface area contributed by atoms with Gasteiger partial charge >= 0.3 is 0 Å². The van der Waals surface area contributed by atoms with Crippen LogP contribution in [0.5, 0.6) is 0 Å². The topological polar surface area (TPSA) is 51.8 Å². The fraction of sp³-hybridized carbons (Fsp3) is 0.500. The number of aromatic nitrogens is 2. The van der Waals surface area contributed by atoms with Crippen LogP contribution in [0.2, 0.25) is 0 Å². The maximum atomic E-state index is 6.31. The Morgan fingerprint density at radius 3 is 2.68 bits per heavy atom. The molecule has 1 aromatic carbocycles. The Morgan fingerprint density at radius 1 is 1.05 bits per heavy atom. The van der Waals surface area contributed by atoms with Crippen molar-refractivity contribution in [3.8, 4) is 0 Å². The summed E-state index contributed by atoms with van der Waals surface area (Å²) in [4.78, 5) is 8.74. The molecule has 0 aliphatic carbocycles. The van der Waals surface area contributed by atoms with Crippen LogP contribution in [0.25, 0.3) is 11.0 Å². The first kappa shape index (κ1) is 13.9. The van der Waals surface area contributed by atoms with Gasteiger partial charge in [-0.1, -0.05) is 51.2 Å². The molecular formula is C16H23N3. The van der Waals surface area contributed by atoms with Gasteiger partial charge in [0.1, 0.15) is 0 Å². The van der Waals surface area contributed by atoms with Crippen molar-refractivity contribution in [3.05, 3.63) is 36.2 Å². The normalized spacial score (nSPS) is 12.7. The third kappa shape index (κ3) is 3.74. The minimum absolute atomic E-state index is 0.0713. The number of unbranched alkanes of at least 4 members (excludes halogenated alkanes) is 4. The maximum Gasteiger partial charge on any atom is 0.0934 e. The van der Waals surface area contributed by atoms with Gasteiger partial charge in [-0.2, -0.15) is 0 Å². The molecule has 1 aromatic heterocycles. The van der Waals surface area contributed by atoms with Gasteiger partial charge in [-0.15, -0.1) is 0 Å². The minimum atomic E-state index is 0.0713. The van der Waals surface area contributed by atoms with Crippen molar-refractivity contribution in [3.63, 3.8) is 0 Å². The second kappa shape index (κ2) is 7.19. The Bertz CT molecular complexity index is 505. The van der Waals surface area contributed by atoms with Gasteiger partial charge in [-0.25, -0.2) is 0 Å². The summed E-state index contributed by atoms with van der Waals surface area (Å²) in [5.74, 6) is 0. The van der Waals surface area contributed by atoms with E-state index in [1.807, 2.05) is 12.1 Å². The Morgan fingerprint density at radius 2 is 1.84 bits per heavy atom. The maximum absolute atomic E-state index is 6.31.